The number of carbonyl (C=O) groups is 1. The molecule has 0 aromatic carbocycles. The number of carbonyl (C=O) groups excluding carboxylic acids is 1. The number of allylic oxidation sites excluding steroid dienone is 1. The molecule has 0 unspecified atom stereocenters. The zero-order valence-electron chi connectivity index (χ0n) is 12.5. The zero-order chi connectivity index (χ0) is 14.2. The van der Waals surface area contributed by atoms with Crippen molar-refractivity contribution in [3.8, 4) is 0 Å². The summed E-state index contributed by atoms with van der Waals surface area (Å²) in [5.74, 6) is -0.268. The maximum absolute atomic E-state index is 11.3. The summed E-state index contributed by atoms with van der Waals surface area (Å²) < 4.78 is 5.15. The largest absolute Gasteiger partial charge is 0.462 e. The first-order chi connectivity index (χ1) is 8.37. The van der Waals surface area contributed by atoms with Crippen LogP contribution in [0.4, 0.5) is 0 Å². The minimum Gasteiger partial charge on any atom is -0.462 e. The monoisotopic (exact) mass is 268 g/mol. The smallest absolute Gasteiger partial charge is 0.333 e. The molecule has 0 heterocycles. The Morgan fingerprint density at radius 2 is 1.72 bits per heavy atom. The second kappa shape index (κ2) is 8.30. The Balaban J connectivity index is 4.16. The van der Waals surface area contributed by atoms with Crippen LogP contribution in [-0.2, 0) is 9.53 Å². The van der Waals surface area contributed by atoms with Crippen molar-refractivity contribution in [2.45, 2.75) is 58.3 Å². The van der Waals surface area contributed by atoms with Crippen LogP contribution in [0.1, 0.15) is 34.1 Å². The lowest BCUT2D eigenvalue weighted by Crippen LogP contribution is -2.32. The van der Waals surface area contributed by atoms with Crippen LogP contribution < -0.4 is 0 Å². The van der Waals surface area contributed by atoms with Gasteiger partial charge in [-0.2, -0.15) is 0 Å². The van der Waals surface area contributed by atoms with E-state index in [0.717, 1.165) is 6.42 Å². The molecule has 2 nitrogen and oxygen atoms in total. The lowest BCUT2D eigenvalue weighted by molar-refractivity contribution is -0.138. The standard InChI is InChI=1S/C15H28O2Si/c1-7-18(8-2,12-13(3)4)11-9-10-17-15(16)14(5)6/h3,5,7-12H2,1-2,4,6H3. The summed E-state index contributed by atoms with van der Waals surface area (Å²) in [4.78, 5) is 11.3. The first-order valence-electron chi connectivity index (χ1n) is 6.84. The van der Waals surface area contributed by atoms with E-state index < -0.39 is 8.07 Å². The van der Waals surface area contributed by atoms with E-state index in [-0.39, 0.29) is 5.97 Å². The van der Waals surface area contributed by atoms with E-state index in [2.05, 4.69) is 33.9 Å². The van der Waals surface area contributed by atoms with Crippen LogP contribution in [0, 0.1) is 0 Å². The molecule has 0 radical (unpaired) electrons. The van der Waals surface area contributed by atoms with Crippen LogP contribution in [0.5, 0.6) is 0 Å². The van der Waals surface area contributed by atoms with E-state index in [1.54, 1.807) is 6.92 Å². The molecule has 0 saturated carbocycles. The van der Waals surface area contributed by atoms with E-state index in [0.29, 0.717) is 12.2 Å². The average molecular weight is 268 g/mol. The summed E-state index contributed by atoms with van der Waals surface area (Å²) >= 11 is 0. The molecule has 3 heteroatoms. The normalized spacial score (nSPS) is 11.1. The minimum absolute atomic E-state index is 0.268. The van der Waals surface area contributed by atoms with Crippen molar-refractivity contribution in [3.63, 3.8) is 0 Å². The minimum atomic E-state index is -1.22. The van der Waals surface area contributed by atoms with E-state index in [9.17, 15) is 4.79 Å². The summed E-state index contributed by atoms with van der Waals surface area (Å²) in [6.45, 7) is 16.5. The van der Waals surface area contributed by atoms with Crippen molar-refractivity contribution < 1.29 is 9.53 Å². The van der Waals surface area contributed by atoms with Crippen molar-refractivity contribution in [2.24, 2.45) is 0 Å². The molecule has 0 N–H and O–H groups in total. The molecular weight excluding hydrogens is 240 g/mol. The van der Waals surface area contributed by atoms with E-state index in [1.807, 2.05) is 0 Å². The van der Waals surface area contributed by atoms with Gasteiger partial charge >= 0.3 is 5.97 Å². The van der Waals surface area contributed by atoms with Crippen LogP contribution in [0.3, 0.4) is 0 Å². The van der Waals surface area contributed by atoms with Gasteiger partial charge in [-0.25, -0.2) is 4.79 Å². The molecule has 0 rings (SSSR count). The van der Waals surface area contributed by atoms with Gasteiger partial charge in [0.05, 0.1) is 14.7 Å². The molecule has 18 heavy (non-hydrogen) atoms. The maximum atomic E-state index is 11.3. The summed E-state index contributed by atoms with van der Waals surface area (Å²) in [5.41, 5.74) is 1.77. The molecule has 0 amide bonds. The predicted octanol–water partition coefficient (Wildman–Crippen LogP) is 4.56. The Morgan fingerprint density at radius 1 is 1.17 bits per heavy atom. The second-order valence-corrected chi connectivity index (χ2v) is 10.6. The molecular formula is C15H28O2Si. The van der Waals surface area contributed by atoms with Crippen molar-refractivity contribution >= 4 is 14.0 Å². The molecule has 0 atom stereocenters. The number of ether oxygens (including phenoxy) is 1. The summed E-state index contributed by atoms with van der Waals surface area (Å²) in [6.07, 6.45) is 0.972. The Bertz CT molecular complexity index is 304. The van der Waals surface area contributed by atoms with Crippen LogP contribution in [0.25, 0.3) is 0 Å². The van der Waals surface area contributed by atoms with E-state index in [4.69, 9.17) is 4.74 Å². The summed E-state index contributed by atoms with van der Waals surface area (Å²) in [5, 5.41) is 0. The Kier molecular flexibility index (Phi) is 7.92. The molecule has 0 aliphatic heterocycles. The summed E-state index contributed by atoms with van der Waals surface area (Å²) in [7, 11) is -1.22. The fourth-order valence-electron chi connectivity index (χ4n) is 2.32. The third kappa shape index (κ3) is 6.19. The lowest BCUT2D eigenvalue weighted by Gasteiger charge is -2.29. The molecule has 0 fully saturated rings. The van der Waals surface area contributed by atoms with Crippen molar-refractivity contribution in [3.05, 3.63) is 24.3 Å². The molecule has 0 aliphatic carbocycles. The average Bonchev–Trinajstić information content (AvgIpc) is 2.32. The van der Waals surface area contributed by atoms with Gasteiger partial charge in [0.25, 0.3) is 0 Å². The van der Waals surface area contributed by atoms with Crippen LogP contribution in [0.2, 0.25) is 24.2 Å². The fraction of sp³-hybridized carbons (Fsp3) is 0.667. The Labute approximate surface area is 113 Å². The van der Waals surface area contributed by atoms with Gasteiger partial charge in [0.2, 0.25) is 0 Å². The maximum Gasteiger partial charge on any atom is 0.333 e. The van der Waals surface area contributed by atoms with Gasteiger partial charge in [-0.15, -0.1) is 6.58 Å². The molecule has 0 aliphatic rings. The van der Waals surface area contributed by atoms with E-state index in [1.165, 1.54) is 29.7 Å². The highest BCUT2D eigenvalue weighted by molar-refractivity contribution is 6.80. The summed E-state index contributed by atoms with van der Waals surface area (Å²) in [6, 6.07) is 4.99. The van der Waals surface area contributed by atoms with Crippen molar-refractivity contribution in [1.29, 1.82) is 0 Å². The molecule has 0 aromatic heterocycles. The first-order valence-corrected chi connectivity index (χ1v) is 9.66. The highest BCUT2D eigenvalue weighted by Gasteiger charge is 2.28. The second-order valence-electron chi connectivity index (χ2n) is 5.36. The molecule has 0 aromatic rings. The number of rotatable bonds is 9. The van der Waals surface area contributed by atoms with Crippen LogP contribution in [0.15, 0.2) is 24.3 Å². The van der Waals surface area contributed by atoms with Crippen molar-refractivity contribution in [1.82, 2.24) is 0 Å². The van der Waals surface area contributed by atoms with Gasteiger partial charge < -0.3 is 4.74 Å². The SMILES string of the molecule is C=C(C)C[Si](CC)(CC)CCCOC(=O)C(=C)C. The topological polar surface area (TPSA) is 26.3 Å². The van der Waals surface area contributed by atoms with Gasteiger partial charge in [0, 0.05) is 5.57 Å². The molecule has 0 spiro atoms. The van der Waals surface area contributed by atoms with Gasteiger partial charge in [-0.1, -0.05) is 44.1 Å². The highest BCUT2D eigenvalue weighted by atomic mass is 28.3. The molecule has 104 valence electrons. The quantitative estimate of drug-likeness (QED) is 0.201. The van der Waals surface area contributed by atoms with Crippen LogP contribution in [-0.4, -0.2) is 20.7 Å². The Morgan fingerprint density at radius 3 is 2.11 bits per heavy atom. The number of hydrogen-bond donors (Lipinski definition) is 0. The zero-order valence-corrected chi connectivity index (χ0v) is 13.5. The van der Waals surface area contributed by atoms with Crippen molar-refractivity contribution in [2.75, 3.05) is 6.61 Å². The molecule has 0 bridgehead atoms. The lowest BCUT2D eigenvalue weighted by atomic mass is 10.4. The van der Waals surface area contributed by atoms with Gasteiger partial charge in [0.1, 0.15) is 0 Å². The van der Waals surface area contributed by atoms with Crippen LogP contribution >= 0.6 is 0 Å². The Hall–Kier alpha value is -0.833. The van der Waals surface area contributed by atoms with Gasteiger partial charge in [-0.3, -0.25) is 0 Å². The number of hydrogen-bond acceptors (Lipinski definition) is 2. The van der Waals surface area contributed by atoms with Gasteiger partial charge in [0.15, 0.2) is 0 Å². The molecule has 0 saturated heterocycles. The fourth-order valence-corrected chi connectivity index (χ4v) is 6.38. The predicted molar refractivity (Wildman–Crippen MR) is 81.5 cm³/mol. The third-order valence-electron chi connectivity index (χ3n) is 3.61. The third-order valence-corrected chi connectivity index (χ3v) is 9.38. The number of esters is 1. The first kappa shape index (κ1) is 17.2. The van der Waals surface area contributed by atoms with Gasteiger partial charge in [-0.05, 0) is 26.3 Å². The van der Waals surface area contributed by atoms with E-state index >= 15 is 0 Å². The highest BCUT2D eigenvalue weighted by Crippen LogP contribution is 2.29.